The lowest BCUT2D eigenvalue weighted by molar-refractivity contribution is -0.119. The highest BCUT2D eigenvalue weighted by molar-refractivity contribution is 7.91. The molecule has 1 amide bonds. The van der Waals surface area contributed by atoms with Crippen molar-refractivity contribution in [2.24, 2.45) is 0 Å². The molecule has 2 aromatic carbocycles. The van der Waals surface area contributed by atoms with Crippen LogP contribution in [0.2, 0.25) is 10.0 Å². The first-order valence-electron chi connectivity index (χ1n) is 8.11. The van der Waals surface area contributed by atoms with Gasteiger partial charge in [0.05, 0.1) is 28.1 Å². The van der Waals surface area contributed by atoms with Crippen molar-refractivity contribution in [2.75, 3.05) is 23.4 Å². The van der Waals surface area contributed by atoms with Gasteiger partial charge in [-0.25, -0.2) is 8.42 Å². The highest BCUT2D eigenvalue weighted by Crippen LogP contribution is 2.29. The Hall–Kier alpha value is -1.76. The summed E-state index contributed by atoms with van der Waals surface area (Å²) in [5.41, 5.74) is 2.64. The number of carbonyl (C=O) groups excluding carboxylic acids is 1. The van der Waals surface area contributed by atoms with Gasteiger partial charge in [-0.1, -0.05) is 41.4 Å². The molecule has 0 bridgehead atoms. The molecule has 2 N–H and O–H groups in total. The molecule has 0 spiro atoms. The molecule has 8 heteroatoms. The minimum Gasteiger partial charge on any atom is -0.376 e. The molecule has 1 aliphatic rings. The Labute approximate surface area is 162 Å². The Balaban J connectivity index is 1.60. The number of anilines is 1. The number of rotatable bonds is 5. The van der Waals surface area contributed by atoms with E-state index in [1.165, 1.54) is 0 Å². The maximum atomic E-state index is 12.0. The van der Waals surface area contributed by atoms with Crippen molar-refractivity contribution in [1.29, 1.82) is 0 Å². The third-order valence-electron chi connectivity index (χ3n) is 4.17. The van der Waals surface area contributed by atoms with Crippen LogP contribution in [0.4, 0.5) is 5.69 Å². The van der Waals surface area contributed by atoms with Crippen LogP contribution in [0.5, 0.6) is 0 Å². The summed E-state index contributed by atoms with van der Waals surface area (Å²) in [7, 11) is -3.01. The van der Waals surface area contributed by atoms with Crippen molar-refractivity contribution >= 4 is 44.6 Å². The second-order valence-corrected chi connectivity index (χ2v) is 9.27. The summed E-state index contributed by atoms with van der Waals surface area (Å²) in [6.45, 7) is 0.0708. The van der Waals surface area contributed by atoms with Gasteiger partial charge >= 0.3 is 0 Å². The van der Waals surface area contributed by atoms with Gasteiger partial charge in [-0.2, -0.15) is 0 Å². The summed E-state index contributed by atoms with van der Waals surface area (Å²) in [6, 6.07) is 12.7. The highest BCUT2D eigenvalue weighted by Gasteiger charge is 2.28. The zero-order chi connectivity index (χ0) is 18.7. The van der Waals surface area contributed by atoms with Crippen molar-refractivity contribution in [2.45, 2.75) is 12.5 Å². The first-order valence-corrected chi connectivity index (χ1v) is 10.7. The van der Waals surface area contributed by atoms with Gasteiger partial charge in [0, 0.05) is 11.7 Å². The normalized spacial score (nSPS) is 18.5. The number of halogens is 2. The summed E-state index contributed by atoms with van der Waals surface area (Å²) in [5.74, 6) is -0.0742. The third-order valence-corrected chi connectivity index (χ3v) is 6.67. The zero-order valence-electron chi connectivity index (χ0n) is 13.8. The maximum Gasteiger partial charge on any atom is 0.239 e. The minimum absolute atomic E-state index is 0.0194. The van der Waals surface area contributed by atoms with Crippen molar-refractivity contribution in [3.05, 3.63) is 52.5 Å². The molecule has 1 saturated heterocycles. The van der Waals surface area contributed by atoms with Crippen LogP contribution in [-0.4, -0.2) is 38.4 Å². The number of sulfone groups is 1. The van der Waals surface area contributed by atoms with Crippen LogP contribution >= 0.6 is 23.2 Å². The molecule has 0 aliphatic carbocycles. The summed E-state index contributed by atoms with van der Waals surface area (Å²) in [4.78, 5) is 12.0. The summed E-state index contributed by atoms with van der Waals surface area (Å²) < 4.78 is 22.9. The van der Waals surface area contributed by atoms with Crippen LogP contribution in [0.15, 0.2) is 42.5 Å². The number of hydrogen-bond acceptors (Lipinski definition) is 4. The molecule has 1 atom stereocenters. The summed E-state index contributed by atoms with van der Waals surface area (Å²) in [6.07, 6.45) is 0.473. The quantitative estimate of drug-likeness (QED) is 0.788. The van der Waals surface area contributed by atoms with Crippen LogP contribution < -0.4 is 10.6 Å². The van der Waals surface area contributed by atoms with Gasteiger partial charge < -0.3 is 10.6 Å². The van der Waals surface area contributed by atoms with E-state index >= 15 is 0 Å². The van der Waals surface area contributed by atoms with Gasteiger partial charge in [0.15, 0.2) is 9.84 Å². The molecule has 1 fully saturated rings. The molecule has 5 nitrogen and oxygen atoms in total. The topological polar surface area (TPSA) is 75.3 Å². The number of carbonyl (C=O) groups is 1. The molecule has 0 unspecified atom stereocenters. The van der Waals surface area contributed by atoms with Crippen LogP contribution in [0, 0.1) is 0 Å². The van der Waals surface area contributed by atoms with Crippen molar-refractivity contribution in [3.8, 4) is 11.1 Å². The largest absolute Gasteiger partial charge is 0.376 e. The SMILES string of the molecule is O=C(CNc1cccc(-c2ccc(Cl)c(Cl)c2)c1)N[C@H]1CCS(=O)(=O)C1. The Kier molecular flexibility index (Phi) is 5.75. The Bertz CT molecular complexity index is 932. The first kappa shape index (κ1) is 19.0. The fourth-order valence-corrected chi connectivity index (χ4v) is 4.83. The van der Waals surface area contributed by atoms with Gasteiger partial charge in [0.1, 0.15) is 0 Å². The van der Waals surface area contributed by atoms with Crippen LogP contribution in [0.3, 0.4) is 0 Å². The van der Waals surface area contributed by atoms with Crippen LogP contribution in [0.1, 0.15) is 6.42 Å². The minimum atomic E-state index is -3.01. The Morgan fingerprint density at radius 3 is 2.54 bits per heavy atom. The molecule has 1 aliphatic heterocycles. The summed E-state index contributed by atoms with van der Waals surface area (Å²) in [5, 5.41) is 6.78. The van der Waals surface area contributed by atoms with Crippen LogP contribution in [0.25, 0.3) is 11.1 Å². The lowest BCUT2D eigenvalue weighted by Gasteiger charge is -2.12. The van der Waals surface area contributed by atoms with E-state index in [0.717, 1.165) is 16.8 Å². The predicted molar refractivity (Wildman–Crippen MR) is 106 cm³/mol. The summed E-state index contributed by atoms with van der Waals surface area (Å²) >= 11 is 12.0. The Morgan fingerprint density at radius 1 is 1.08 bits per heavy atom. The van der Waals surface area contributed by atoms with E-state index in [9.17, 15) is 13.2 Å². The Morgan fingerprint density at radius 2 is 1.85 bits per heavy atom. The number of benzene rings is 2. The van der Waals surface area contributed by atoms with E-state index < -0.39 is 9.84 Å². The van der Waals surface area contributed by atoms with E-state index in [0.29, 0.717) is 16.5 Å². The number of amides is 1. The zero-order valence-corrected chi connectivity index (χ0v) is 16.2. The number of hydrogen-bond donors (Lipinski definition) is 2. The molecule has 3 rings (SSSR count). The van der Waals surface area contributed by atoms with Gasteiger partial charge in [-0.3, -0.25) is 4.79 Å². The maximum absolute atomic E-state index is 12.0. The smallest absolute Gasteiger partial charge is 0.239 e. The highest BCUT2D eigenvalue weighted by atomic mass is 35.5. The molecular weight excluding hydrogens is 395 g/mol. The molecule has 26 heavy (non-hydrogen) atoms. The molecule has 0 radical (unpaired) electrons. The molecule has 0 saturated carbocycles. The van der Waals surface area contributed by atoms with Gasteiger partial charge in [0.25, 0.3) is 0 Å². The average molecular weight is 413 g/mol. The first-order chi connectivity index (χ1) is 12.3. The van der Waals surface area contributed by atoms with Crippen LogP contribution in [-0.2, 0) is 14.6 Å². The molecule has 1 heterocycles. The standard InChI is InChI=1S/C18H18Cl2N2O3S/c19-16-5-4-13(9-17(16)20)12-2-1-3-14(8-12)21-10-18(23)22-15-6-7-26(24,25)11-15/h1-5,8-9,15,21H,6-7,10-11H2,(H,22,23)/t15-/m0/s1. The number of nitrogens with one attached hydrogen (secondary N) is 2. The van der Waals surface area contributed by atoms with Crippen molar-refractivity contribution in [3.63, 3.8) is 0 Å². The fourth-order valence-electron chi connectivity index (χ4n) is 2.85. The van der Waals surface area contributed by atoms with Crippen molar-refractivity contribution < 1.29 is 13.2 Å². The molecule has 138 valence electrons. The fraction of sp³-hybridized carbons (Fsp3) is 0.278. The third kappa shape index (κ3) is 4.90. The van der Waals surface area contributed by atoms with E-state index in [4.69, 9.17) is 23.2 Å². The monoisotopic (exact) mass is 412 g/mol. The second-order valence-electron chi connectivity index (χ2n) is 6.23. The molecular formula is C18H18Cl2N2O3S. The van der Waals surface area contributed by atoms with E-state index in [-0.39, 0.29) is 30.0 Å². The van der Waals surface area contributed by atoms with E-state index in [1.54, 1.807) is 12.1 Å². The van der Waals surface area contributed by atoms with Gasteiger partial charge in [-0.05, 0) is 41.8 Å². The van der Waals surface area contributed by atoms with E-state index in [1.807, 2.05) is 30.3 Å². The predicted octanol–water partition coefficient (Wildman–Crippen LogP) is 3.38. The lowest BCUT2D eigenvalue weighted by atomic mass is 10.1. The van der Waals surface area contributed by atoms with Crippen molar-refractivity contribution in [1.82, 2.24) is 5.32 Å². The van der Waals surface area contributed by atoms with E-state index in [2.05, 4.69) is 10.6 Å². The molecule has 0 aromatic heterocycles. The lowest BCUT2D eigenvalue weighted by Crippen LogP contribution is -2.39. The van der Waals surface area contributed by atoms with Gasteiger partial charge in [0.2, 0.25) is 5.91 Å². The van der Waals surface area contributed by atoms with Gasteiger partial charge in [-0.15, -0.1) is 0 Å². The second kappa shape index (κ2) is 7.86. The average Bonchev–Trinajstić information content (AvgIpc) is 2.94. The molecule has 2 aromatic rings.